The smallest absolute Gasteiger partial charge is 0.0705 e. The van der Waals surface area contributed by atoms with Crippen molar-refractivity contribution in [1.29, 1.82) is 0 Å². The highest BCUT2D eigenvalue weighted by molar-refractivity contribution is 6.31. The van der Waals surface area contributed by atoms with Gasteiger partial charge in [-0.3, -0.25) is 4.98 Å². The topological polar surface area (TPSA) is 24.9 Å². The first-order valence-electron chi connectivity index (χ1n) is 7.06. The van der Waals surface area contributed by atoms with E-state index in [1.807, 2.05) is 42.6 Å². The number of hydrogen-bond donors (Lipinski definition) is 1. The zero-order valence-corrected chi connectivity index (χ0v) is 12.6. The molecule has 0 amide bonds. The van der Waals surface area contributed by atoms with E-state index in [0.29, 0.717) is 0 Å². The van der Waals surface area contributed by atoms with Gasteiger partial charge >= 0.3 is 0 Å². The van der Waals surface area contributed by atoms with Crippen LogP contribution in [0.2, 0.25) is 5.02 Å². The molecule has 0 saturated carbocycles. The molecule has 1 heterocycles. The fourth-order valence-corrected chi connectivity index (χ4v) is 2.81. The van der Waals surface area contributed by atoms with Crippen molar-refractivity contribution in [2.45, 2.75) is 19.5 Å². The second-order valence-corrected chi connectivity index (χ2v) is 5.52. The van der Waals surface area contributed by atoms with Crippen molar-refractivity contribution in [3.05, 3.63) is 76.9 Å². The summed E-state index contributed by atoms with van der Waals surface area (Å²) >= 11 is 6.25. The predicted molar refractivity (Wildman–Crippen MR) is 88.4 cm³/mol. The first-order valence-corrected chi connectivity index (χ1v) is 7.44. The van der Waals surface area contributed by atoms with E-state index in [9.17, 15) is 0 Å². The standard InChI is InChI=1S/C18H17ClN2/c1-13(15-6-2-4-8-17(15)19)21-12-14-10-11-20-18-9-5-3-7-16(14)18/h2-11,13,21H,12H2,1H3/t13-/m0/s1. The molecule has 0 aliphatic carbocycles. The van der Waals surface area contributed by atoms with Gasteiger partial charge in [-0.15, -0.1) is 0 Å². The lowest BCUT2D eigenvalue weighted by Crippen LogP contribution is -2.18. The molecule has 3 heteroatoms. The van der Waals surface area contributed by atoms with E-state index in [1.165, 1.54) is 10.9 Å². The maximum atomic E-state index is 6.25. The molecule has 1 atom stereocenters. The number of para-hydroxylation sites is 1. The van der Waals surface area contributed by atoms with Gasteiger partial charge in [-0.25, -0.2) is 0 Å². The third kappa shape index (κ3) is 3.07. The third-order valence-electron chi connectivity index (χ3n) is 3.71. The summed E-state index contributed by atoms with van der Waals surface area (Å²) in [6.07, 6.45) is 1.86. The number of hydrogen-bond acceptors (Lipinski definition) is 2. The SMILES string of the molecule is C[C@H](NCc1ccnc2ccccc12)c1ccccc1Cl. The van der Waals surface area contributed by atoms with Gasteiger partial charge in [0.1, 0.15) is 0 Å². The van der Waals surface area contributed by atoms with E-state index in [1.54, 1.807) is 0 Å². The minimum Gasteiger partial charge on any atom is -0.306 e. The molecular weight excluding hydrogens is 280 g/mol. The molecule has 2 aromatic carbocycles. The van der Waals surface area contributed by atoms with Crippen LogP contribution in [-0.2, 0) is 6.54 Å². The zero-order chi connectivity index (χ0) is 14.7. The largest absolute Gasteiger partial charge is 0.306 e. The summed E-state index contributed by atoms with van der Waals surface area (Å²) in [5.41, 5.74) is 3.40. The number of halogens is 1. The fourth-order valence-electron chi connectivity index (χ4n) is 2.51. The number of pyridine rings is 1. The molecule has 0 fully saturated rings. The molecule has 0 aliphatic heterocycles. The van der Waals surface area contributed by atoms with Gasteiger partial charge in [0.25, 0.3) is 0 Å². The Morgan fingerprint density at radius 1 is 1.05 bits per heavy atom. The van der Waals surface area contributed by atoms with E-state index in [-0.39, 0.29) is 6.04 Å². The Bertz CT molecular complexity index is 750. The second-order valence-electron chi connectivity index (χ2n) is 5.11. The van der Waals surface area contributed by atoms with Crippen LogP contribution in [0.5, 0.6) is 0 Å². The molecule has 106 valence electrons. The maximum Gasteiger partial charge on any atom is 0.0705 e. The van der Waals surface area contributed by atoms with Gasteiger partial charge in [0, 0.05) is 29.2 Å². The highest BCUT2D eigenvalue weighted by Gasteiger charge is 2.09. The van der Waals surface area contributed by atoms with Crippen LogP contribution in [0.4, 0.5) is 0 Å². The lowest BCUT2D eigenvalue weighted by atomic mass is 10.1. The Morgan fingerprint density at radius 2 is 1.81 bits per heavy atom. The Labute approximate surface area is 129 Å². The highest BCUT2D eigenvalue weighted by Crippen LogP contribution is 2.23. The lowest BCUT2D eigenvalue weighted by molar-refractivity contribution is 0.576. The number of nitrogens with zero attached hydrogens (tertiary/aromatic N) is 1. The van der Waals surface area contributed by atoms with Crippen LogP contribution in [0.1, 0.15) is 24.1 Å². The Morgan fingerprint density at radius 3 is 2.67 bits per heavy atom. The number of benzene rings is 2. The van der Waals surface area contributed by atoms with Crippen molar-refractivity contribution in [1.82, 2.24) is 10.3 Å². The molecule has 1 N–H and O–H groups in total. The summed E-state index contributed by atoms with van der Waals surface area (Å²) in [6, 6.07) is 18.4. The van der Waals surface area contributed by atoms with Crippen LogP contribution < -0.4 is 5.32 Å². The van der Waals surface area contributed by atoms with Crippen LogP contribution in [0.25, 0.3) is 10.9 Å². The number of rotatable bonds is 4. The molecule has 0 aliphatic rings. The molecule has 0 unspecified atom stereocenters. The van der Waals surface area contributed by atoms with E-state index in [0.717, 1.165) is 22.6 Å². The van der Waals surface area contributed by atoms with E-state index >= 15 is 0 Å². The van der Waals surface area contributed by atoms with Crippen molar-refractivity contribution < 1.29 is 0 Å². The van der Waals surface area contributed by atoms with Gasteiger partial charge in [0.2, 0.25) is 0 Å². The first kappa shape index (κ1) is 14.1. The quantitative estimate of drug-likeness (QED) is 0.752. The average Bonchev–Trinajstić information content (AvgIpc) is 2.53. The van der Waals surface area contributed by atoms with E-state index < -0.39 is 0 Å². The average molecular weight is 297 g/mol. The van der Waals surface area contributed by atoms with Crippen LogP contribution in [0.3, 0.4) is 0 Å². The van der Waals surface area contributed by atoms with Crippen LogP contribution in [-0.4, -0.2) is 4.98 Å². The van der Waals surface area contributed by atoms with Crippen molar-refractivity contribution in [3.63, 3.8) is 0 Å². The van der Waals surface area contributed by atoms with E-state index in [2.05, 4.69) is 35.4 Å². The fraction of sp³-hybridized carbons (Fsp3) is 0.167. The summed E-state index contributed by atoms with van der Waals surface area (Å²) < 4.78 is 0. The molecule has 0 bridgehead atoms. The maximum absolute atomic E-state index is 6.25. The van der Waals surface area contributed by atoms with Crippen molar-refractivity contribution >= 4 is 22.5 Å². The van der Waals surface area contributed by atoms with Gasteiger partial charge in [0.05, 0.1) is 5.52 Å². The molecular formula is C18H17ClN2. The Hall–Kier alpha value is -1.90. The molecule has 2 nitrogen and oxygen atoms in total. The van der Waals surface area contributed by atoms with Crippen LogP contribution in [0.15, 0.2) is 60.8 Å². The van der Waals surface area contributed by atoms with Gasteiger partial charge in [-0.2, -0.15) is 0 Å². The molecule has 3 aromatic rings. The number of nitrogens with one attached hydrogen (secondary N) is 1. The summed E-state index contributed by atoms with van der Waals surface area (Å²) in [5.74, 6) is 0. The van der Waals surface area contributed by atoms with Crippen LogP contribution >= 0.6 is 11.6 Å². The van der Waals surface area contributed by atoms with Gasteiger partial charge < -0.3 is 5.32 Å². The molecule has 0 spiro atoms. The van der Waals surface area contributed by atoms with E-state index in [4.69, 9.17) is 11.6 Å². The molecule has 0 saturated heterocycles. The Balaban J connectivity index is 1.79. The zero-order valence-electron chi connectivity index (χ0n) is 11.9. The normalized spacial score (nSPS) is 12.5. The monoisotopic (exact) mass is 296 g/mol. The van der Waals surface area contributed by atoms with Gasteiger partial charge in [-0.1, -0.05) is 48.0 Å². The summed E-state index contributed by atoms with van der Waals surface area (Å²) in [5, 5.41) is 5.53. The molecule has 0 radical (unpaired) electrons. The summed E-state index contributed by atoms with van der Waals surface area (Å²) in [4.78, 5) is 4.39. The Kier molecular flexibility index (Phi) is 4.18. The summed E-state index contributed by atoms with van der Waals surface area (Å²) in [7, 11) is 0. The first-order chi connectivity index (χ1) is 10.3. The molecule has 1 aromatic heterocycles. The number of fused-ring (bicyclic) bond motifs is 1. The van der Waals surface area contributed by atoms with Crippen LogP contribution in [0, 0.1) is 0 Å². The predicted octanol–water partition coefficient (Wildman–Crippen LogP) is 4.74. The minimum atomic E-state index is 0.200. The highest BCUT2D eigenvalue weighted by atomic mass is 35.5. The number of aromatic nitrogens is 1. The molecule has 21 heavy (non-hydrogen) atoms. The molecule has 3 rings (SSSR count). The van der Waals surface area contributed by atoms with Crippen molar-refractivity contribution in [3.8, 4) is 0 Å². The summed E-state index contributed by atoms with van der Waals surface area (Å²) in [6.45, 7) is 2.92. The van der Waals surface area contributed by atoms with Crippen molar-refractivity contribution in [2.75, 3.05) is 0 Å². The van der Waals surface area contributed by atoms with Gasteiger partial charge in [-0.05, 0) is 36.2 Å². The van der Waals surface area contributed by atoms with Gasteiger partial charge in [0.15, 0.2) is 0 Å². The minimum absolute atomic E-state index is 0.200. The lowest BCUT2D eigenvalue weighted by Gasteiger charge is -2.16. The second kappa shape index (κ2) is 6.25. The third-order valence-corrected chi connectivity index (χ3v) is 4.05. The van der Waals surface area contributed by atoms with Crippen molar-refractivity contribution in [2.24, 2.45) is 0 Å².